The second-order valence-electron chi connectivity index (χ2n) is 9.88. The van der Waals surface area contributed by atoms with Gasteiger partial charge in [0.15, 0.2) is 11.5 Å². The van der Waals surface area contributed by atoms with Gasteiger partial charge in [-0.2, -0.15) is 0 Å². The molecular weight excluding hydrogens is 322 g/mol. The van der Waals surface area contributed by atoms with Crippen LogP contribution in [0.5, 0.6) is 11.5 Å². The van der Waals surface area contributed by atoms with Crippen LogP contribution >= 0.6 is 0 Å². The molecule has 1 heterocycles. The summed E-state index contributed by atoms with van der Waals surface area (Å²) in [6.07, 6.45) is 6.24. The van der Waals surface area contributed by atoms with E-state index in [9.17, 15) is 10.2 Å². The molecule has 1 fully saturated rings. The number of hydrogen-bond acceptors (Lipinski definition) is 2. The van der Waals surface area contributed by atoms with E-state index >= 15 is 0 Å². The largest absolute Gasteiger partial charge is 0.504 e. The van der Waals surface area contributed by atoms with Gasteiger partial charge in [-0.05, 0) is 66.9 Å². The highest BCUT2D eigenvalue weighted by atomic mass is 16.3. The number of rotatable bonds is 0. The number of phenols is 2. The number of phenolic OH excluding ortho intramolecular Hbond substituents is 2. The van der Waals surface area contributed by atoms with Gasteiger partial charge in [0.05, 0.1) is 5.52 Å². The van der Waals surface area contributed by atoms with Crippen molar-refractivity contribution in [1.29, 1.82) is 0 Å². The fraction of sp³-hybridized carbons (Fsp3) is 0.652. The number of aromatic nitrogens is 1. The summed E-state index contributed by atoms with van der Waals surface area (Å²) in [4.78, 5) is 0. The molecule has 1 unspecified atom stereocenters. The number of aromatic hydroxyl groups is 2. The molecular formula is C23H33NO2. The maximum absolute atomic E-state index is 10.4. The van der Waals surface area contributed by atoms with E-state index in [-0.39, 0.29) is 16.9 Å². The molecule has 3 atom stereocenters. The third-order valence-electron chi connectivity index (χ3n) is 7.87. The van der Waals surface area contributed by atoms with Gasteiger partial charge in [0, 0.05) is 23.7 Å². The van der Waals surface area contributed by atoms with Crippen LogP contribution in [0.15, 0.2) is 6.07 Å². The number of benzene rings is 1. The van der Waals surface area contributed by atoms with Crippen molar-refractivity contribution >= 4 is 10.9 Å². The molecule has 1 aromatic heterocycles. The van der Waals surface area contributed by atoms with Crippen LogP contribution in [0.3, 0.4) is 0 Å². The van der Waals surface area contributed by atoms with Crippen molar-refractivity contribution in [3.63, 3.8) is 0 Å². The lowest BCUT2D eigenvalue weighted by molar-refractivity contribution is 0.0505. The van der Waals surface area contributed by atoms with Gasteiger partial charge in [0.1, 0.15) is 0 Å². The summed E-state index contributed by atoms with van der Waals surface area (Å²) in [5, 5.41) is 21.8. The van der Waals surface area contributed by atoms with Crippen molar-refractivity contribution in [2.24, 2.45) is 18.4 Å². The van der Waals surface area contributed by atoms with Crippen molar-refractivity contribution in [2.75, 3.05) is 0 Å². The van der Waals surface area contributed by atoms with Crippen molar-refractivity contribution in [3.8, 4) is 11.5 Å². The molecule has 0 amide bonds. The zero-order chi connectivity index (χ0) is 19.0. The monoisotopic (exact) mass is 355 g/mol. The molecule has 4 rings (SSSR count). The molecule has 3 nitrogen and oxygen atoms in total. The van der Waals surface area contributed by atoms with Crippen LogP contribution < -0.4 is 0 Å². The highest BCUT2D eigenvalue weighted by molar-refractivity contribution is 5.93. The SMILES string of the molecule is Cc1c(O)c(O)cc2c3c(n(C)c12)C(C)CC[C@@H]1C(C)(C)CCC[C@@]31C. The Morgan fingerprint density at radius 1 is 1.12 bits per heavy atom. The average Bonchev–Trinajstić information content (AvgIpc) is 2.77. The fourth-order valence-corrected chi connectivity index (χ4v) is 6.69. The molecule has 0 spiro atoms. The molecule has 26 heavy (non-hydrogen) atoms. The molecule has 2 aliphatic rings. The van der Waals surface area contributed by atoms with Crippen LogP contribution in [0.4, 0.5) is 0 Å². The first kappa shape index (κ1) is 17.8. The molecule has 142 valence electrons. The quantitative estimate of drug-likeness (QED) is 0.580. The smallest absolute Gasteiger partial charge is 0.162 e. The first-order valence-corrected chi connectivity index (χ1v) is 10.1. The zero-order valence-corrected chi connectivity index (χ0v) is 17.1. The first-order chi connectivity index (χ1) is 12.1. The Hall–Kier alpha value is -1.64. The van der Waals surface area contributed by atoms with Gasteiger partial charge in [0.25, 0.3) is 0 Å². The molecule has 1 aromatic carbocycles. The summed E-state index contributed by atoms with van der Waals surface area (Å²) in [6.45, 7) is 11.6. The van der Waals surface area contributed by atoms with Crippen LogP contribution in [0.1, 0.15) is 82.5 Å². The average molecular weight is 356 g/mol. The summed E-state index contributed by atoms with van der Waals surface area (Å²) in [5.74, 6) is 1.17. The third-order valence-corrected chi connectivity index (χ3v) is 7.87. The Morgan fingerprint density at radius 2 is 1.81 bits per heavy atom. The third kappa shape index (κ3) is 2.12. The summed E-state index contributed by atoms with van der Waals surface area (Å²) < 4.78 is 2.30. The van der Waals surface area contributed by atoms with E-state index in [1.165, 1.54) is 43.4 Å². The van der Waals surface area contributed by atoms with Gasteiger partial charge in [-0.15, -0.1) is 0 Å². The molecule has 2 N–H and O–H groups in total. The molecule has 2 aliphatic carbocycles. The second kappa shape index (κ2) is 5.43. The van der Waals surface area contributed by atoms with Crippen LogP contribution in [-0.4, -0.2) is 14.8 Å². The number of aryl methyl sites for hydroxylation is 2. The van der Waals surface area contributed by atoms with E-state index < -0.39 is 0 Å². The highest BCUT2D eigenvalue weighted by Crippen LogP contribution is 2.60. The highest BCUT2D eigenvalue weighted by Gasteiger charge is 2.51. The summed E-state index contributed by atoms with van der Waals surface area (Å²) in [7, 11) is 2.14. The van der Waals surface area contributed by atoms with E-state index in [4.69, 9.17) is 0 Å². The normalized spacial score (nSPS) is 30.7. The van der Waals surface area contributed by atoms with E-state index in [0.717, 1.165) is 16.5 Å². The van der Waals surface area contributed by atoms with Gasteiger partial charge < -0.3 is 14.8 Å². The maximum atomic E-state index is 10.4. The Kier molecular flexibility index (Phi) is 3.71. The van der Waals surface area contributed by atoms with Crippen molar-refractivity contribution in [3.05, 3.63) is 22.9 Å². The van der Waals surface area contributed by atoms with Crippen molar-refractivity contribution in [2.45, 2.75) is 78.1 Å². The molecule has 0 radical (unpaired) electrons. The van der Waals surface area contributed by atoms with E-state index in [2.05, 4.69) is 39.3 Å². The number of nitrogens with zero attached hydrogens (tertiary/aromatic N) is 1. The van der Waals surface area contributed by atoms with Crippen LogP contribution in [0, 0.1) is 18.3 Å². The van der Waals surface area contributed by atoms with Crippen LogP contribution in [-0.2, 0) is 12.5 Å². The Bertz CT molecular complexity index is 892. The molecule has 0 bridgehead atoms. The lowest BCUT2D eigenvalue weighted by Crippen LogP contribution is -2.44. The summed E-state index contributed by atoms with van der Waals surface area (Å²) in [6, 6.07) is 1.82. The molecule has 1 saturated carbocycles. The van der Waals surface area contributed by atoms with E-state index in [0.29, 0.717) is 17.3 Å². The predicted octanol–water partition coefficient (Wildman–Crippen LogP) is 5.88. The molecule has 2 aromatic rings. The molecule has 0 aliphatic heterocycles. The molecule has 0 saturated heterocycles. The minimum absolute atomic E-state index is 0.00974. The minimum atomic E-state index is 0.00974. The number of hydrogen-bond donors (Lipinski definition) is 2. The Labute approximate surface area is 157 Å². The van der Waals surface area contributed by atoms with Crippen molar-refractivity contribution in [1.82, 2.24) is 4.57 Å². The Balaban J connectivity index is 2.12. The van der Waals surface area contributed by atoms with Crippen LogP contribution in [0.2, 0.25) is 0 Å². The summed E-state index contributed by atoms with van der Waals surface area (Å²) in [5.41, 5.74) is 5.19. The van der Waals surface area contributed by atoms with Gasteiger partial charge in [-0.3, -0.25) is 0 Å². The lowest BCUT2D eigenvalue weighted by Gasteiger charge is -2.51. The summed E-state index contributed by atoms with van der Waals surface area (Å²) >= 11 is 0. The standard InChI is InChI=1S/C23H33NO2/c1-13-8-9-17-22(3,4)10-7-11-23(17,5)18-15-12-16(25)21(26)14(2)20(15)24(6)19(13)18/h12-13,17,25-26H,7-11H2,1-6H3/t13?,17-,23-/m1/s1. The maximum Gasteiger partial charge on any atom is 0.162 e. The number of fused-ring (bicyclic) bond motifs is 5. The zero-order valence-electron chi connectivity index (χ0n) is 17.1. The van der Waals surface area contributed by atoms with Gasteiger partial charge in [-0.25, -0.2) is 0 Å². The Morgan fingerprint density at radius 3 is 2.50 bits per heavy atom. The van der Waals surface area contributed by atoms with Gasteiger partial charge >= 0.3 is 0 Å². The van der Waals surface area contributed by atoms with Gasteiger partial charge in [0.2, 0.25) is 0 Å². The minimum Gasteiger partial charge on any atom is -0.504 e. The predicted molar refractivity (Wildman–Crippen MR) is 107 cm³/mol. The lowest BCUT2D eigenvalue weighted by atomic mass is 9.53. The van der Waals surface area contributed by atoms with Crippen molar-refractivity contribution < 1.29 is 10.2 Å². The fourth-order valence-electron chi connectivity index (χ4n) is 6.69. The van der Waals surface area contributed by atoms with Gasteiger partial charge in [-0.1, -0.05) is 34.1 Å². The van der Waals surface area contributed by atoms with Crippen LogP contribution in [0.25, 0.3) is 10.9 Å². The topological polar surface area (TPSA) is 45.4 Å². The van der Waals surface area contributed by atoms with E-state index in [1.54, 1.807) is 0 Å². The van der Waals surface area contributed by atoms with E-state index in [1.807, 2.05) is 13.0 Å². The second-order valence-corrected chi connectivity index (χ2v) is 9.88. The first-order valence-electron chi connectivity index (χ1n) is 10.1. The molecule has 3 heteroatoms.